The smallest absolute Gasteiger partial charge is 0.0900 e. The molecule has 3 rings (SSSR count). The zero-order chi connectivity index (χ0) is 14.5. The standard InChI is InChI=1S/C16H29NO4/c18-13(11-19-12-14-4-3-8-20-14)10-17-7-9-21-16-6-2-1-5-15(16)17/h13-16,18H,1-12H2/t13-,14-,15+,16-/m0/s1. The number of fused-ring (bicyclic) bond motifs is 1. The number of aliphatic hydroxyl groups is 1. The summed E-state index contributed by atoms with van der Waals surface area (Å²) >= 11 is 0. The number of hydrogen-bond acceptors (Lipinski definition) is 5. The normalized spacial score (nSPS) is 35.6. The van der Waals surface area contributed by atoms with Gasteiger partial charge in [0.15, 0.2) is 0 Å². The lowest BCUT2D eigenvalue weighted by Crippen LogP contribution is -2.54. The van der Waals surface area contributed by atoms with Crippen molar-refractivity contribution in [3.05, 3.63) is 0 Å². The van der Waals surface area contributed by atoms with Crippen molar-refractivity contribution in [2.45, 2.75) is 62.9 Å². The van der Waals surface area contributed by atoms with Gasteiger partial charge in [0.25, 0.3) is 0 Å². The Morgan fingerprint density at radius 1 is 1.10 bits per heavy atom. The van der Waals surface area contributed by atoms with Crippen LogP contribution in [0.5, 0.6) is 0 Å². The fraction of sp³-hybridized carbons (Fsp3) is 1.00. The highest BCUT2D eigenvalue weighted by Gasteiger charge is 2.34. The van der Waals surface area contributed by atoms with E-state index in [1.54, 1.807) is 0 Å². The molecule has 4 atom stereocenters. The van der Waals surface area contributed by atoms with E-state index < -0.39 is 6.10 Å². The maximum Gasteiger partial charge on any atom is 0.0900 e. The minimum Gasteiger partial charge on any atom is -0.389 e. The number of β-amino-alcohol motifs (C(OH)–C–C–N with tert-alkyl or cyclic N) is 1. The van der Waals surface area contributed by atoms with Crippen LogP contribution in [0.25, 0.3) is 0 Å². The lowest BCUT2D eigenvalue weighted by atomic mass is 9.90. The topological polar surface area (TPSA) is 51.2 Å². The highest BCUT2D eigenvalue weighted by molar-refractivity contribution is 4.88. The molecule has 2 aliphatic heterocycles. The molecule has 2 saturated heterocycles. The molecule has 1 aliphatic carbocycles. The van der Waals surface area contributed by atoms with E-state index in [0.29, 0.717) is 31.9 Å². The van der Waals surface area contributed by atoms with E-state index in [4.69, 9.17) is 14.2 Å². The lowest BCUT2D eigenvalue weighted by molar-refractivity contribution is -0.104. The molecule has 0 amide bonds. The van der Waals surface area contributed by atoms with Gasteiger partial charge in [-0.3, -0.25) is 4.90 Å². The summed E-state index contributed by atoms with van der Waals surface area (Å²) in [5.74, 6) is 0. The Labute approximate surface area is 127 Å². The van der Waals surface area contributed by atoms with Crippen molar-refractivity contribution in [1.82, 2.24) is 4.90 Å². The van der Waals surface area contributed by atoms with Crippen LogP contribution in [0.15, 0.2) is 0 Å². The molecule has 0 radical (unpaired) electrons. The molecule has 5 heteroatoms. The van der Waals surface area contributed by atoms with Crippen LogP contribution < -0.4 is 0 Å². The molecule has 3 fully saturated rings. The summed E-state index contributed by atoms with van der Waals surface area (Å²) in [6, 6.07) is 0.500. The first-order valence-electron chi connectivity index (χ1n) is 8.56. The van der Waals surface area contributed by atoms with Crippen LogP contribution in [0.1, 0.15) is 38.5 Å². The zero-order valence-electron chi connectivity index (χ0n) is 12.9. The van der Waals surface area contributed by atoms with Gasteiger partial charge in [-0.05, 0) is 25.7 Å². The molecule has 122 valence electrons. The molecule has 0 aromatic carbocycles. The van der Waals surface area contributed by atoms with Crippen LogP contribution in [-0.2, 0) is 14.2 Å². The quantitative estimate of drug-likeness (QED) is 0.798. The average Bonchev–Trinajstić information content (AvgIpc) is 3.01. The molecular weight excluding hydrogens is 270 g/mol. The SMILES string of the molecule is O[C@H](COC[C@@H]1CCCO1)CN1CCO[C@H]2CCCC[C@H]21. The summed E-state index contributed by atoms with van der Waals surface area (Å²) in [4.78, 5) is 2.41. The monoisotopic (exact) mass is 299 g/mol. The summed E-state index contributed by atoms with van der Waals surface area (Å²) in [5, 5.41) is 10.2. The van der Waals surface area contributed by atoms with Gasteiger partial charge in [-0.2, -0.15) is 0 Å². The molecule has 0 aromatic rings. The Balaban J connectivity index is 1.37. The van der Waals surface area contributed by atoms with E-state index in [-0.39, 0.29) is 6.10 Å². The highest BCUT2D eigenvalue weighted by atomic mass is 16.5. The molecule has 1 N–H and O–H groups in total. The minimum absolute atomic E-state index is 0.239. The van der Waals surface area contributed by atoms with Crippen LogP contribution in [-0.4, -0.2) is 73.9 Å². The molecule has 3 aliphatic rings. The first-order valence-corrected chi connectivity index (χ1v) is 8.56. The largest absolute Gasteiger partial charge is 0.389 e. The predicted molar refractivity (Wildman–Crippen MR) is 79.4 cm³/mol. The summed E-state index contributed by atoms with van der Waals surface area (Å²) in [7, 11) is 0. The van der Waals surface area contributed by atoms with Crippen molar-refractivity contribution < 1.29 is 19.3 Å². The molecule has 0 aromatic heterocycles. The number of aliphatic hydroxyl groups excluding tert-OH is 1. The van der Waals surface area contributed by atoms with Crippen LogP contribution in [0.2, 0.25) is 0 Å². The van der Waals surface area contributed by atoms with E-state index in [9.17, 15) is 5.11 Å². The van der Waals surface area contributed by atoms with Crippen molar-refractivity contribution >= 4 is 0 Å². The van der Waals surface area contributed by atoms with E-state index in [0.717, 1.165) is 32.6 Å². The van der Waals surface area contributed by atoms with Crippen molar-refractivity contribution in [1.29, 1.82) is 0 Å². The van der Waals surface area contributed by atoms with Crippen LogP contribution >= 0.6 is 0 Å². The van der Waals surface area contributed by atoms with Gasteiger partial charge >= 0.3 is 0 Å². The maximum absolute atomic E-state index is 10.2. The van der Waals surface area contributed by atoms with Gasteiger partial charge in [0.1, 0.15) is 0 Å². The van der Waals surface area contributed by atoms with Gasteiger partial charge in [-0.15, -0.1) is 0 Å². The van der Waals surface area contributed by atoms with Crippen LogP contribution in [0.4, 0.5) is 0 Å². The summed E-state index contributed by atoms with van der Waals surface area (Å²) in [6.45, 7) is 4.32. The lowest BCUT2D eigenvalue weighted by Gasteiger charge is -2.44. The van der Waals surface area contributed by atoms with E-state index in [1.807, 2.05) is 0 Å². The zero-order valence-corrected chi connectivity index (χ0v) is 12.9. The van der Waals surface area contributed by atoms with E-state index in [1.165, 1.54) is 25.7 Å². The van der Waals surface area contributed by atoms with Crippen molar-refractivity contribution in [3.8, 4) is 0 Å². The third-order valence-corrected chi connectivity index (χ3v) is 4.93. The van der Waals surface area contributed by atoms with Crippen molar-refractivity contribution in [2.24, 2.45) is 0 Å². The number of rotatable bonds is 6. The molecule has 5 nitrogen and oxygen atoms in total. The molecule has 1 saturated carbocycles. The fourth-order valence-electron chi connectivity index (χ4n) is 3.84. The number of morpholine rings is 1. The average molecular weight is 299 g/mol. The van der Waals surface area contributed by atoms with Gasteiger partial charge in [-0.1, -0.05) is 12.8 Å². The van der Waals surface area contributed by atoms with Gasteiger partial charge in [0.2, 0.25) is 0 Å². The van der Waals surface area contributed by atoms with E-state index >= 15 is 0 Å². The Bertz CT molecular complexity index is 307. The third-order valence-electron chi connectivity index (χ3n) is 4.93. The fourth-order valence-corrected chi connectivity index (χ4v) is 3.84. The Kier molecular flexibility index (Phi) is 5.89. The molecule has 21 heavy (non-hydrogen) atoms. The highest BCUT2D eigenvalue weighted by Crippen LogP contribution is 2.28. The first-order chi connectivity index (χ1) is 10.3. The Hall–Kier alpha value is -0.200. The predicted octanol–water partition coefficient (Wildman–Crippen LogP) is 1.19. The second kappa shape index (κ2) is 7.88. The van der Waals surface area contributed by atoms with Gasteiger partial charge < -0.3 is 19.3 Å². The molecule has 0 unspecified atom stereocenters. The molecule has 0 spiro atoms. The summed E-state index contributed by atoms with van der Waals surface area (Å²) in [5.41, 5.74) is 0. The second-order valence-electron chi connectivity index (χ2n) is 6.58. The Morgan fingerprint density at radius 3 is 2.86 bits per heavy atom. The van der Waals surface area contributed by atoms with Gasteiger partial charge in [-0.25, -0.2) is 0 Å². The maximum atomic E-state index is 10.2. The number of nitrogens with zero attached hydrogens (tertiary/aromatic N) is 1. The molecular formula is C16H29NO4. The number of hydrogen-bond donors (Lipinski definition) is 1. The Morgan fingerprint density at radius 2 is 2.00 bits per heavy atom. The summed E-state index contributed by atoms with van der Waals surface area (Å²) < 4.78 is 17.0. The number of ether oxygens (including phenoxy) is 3. The van der Waals surface area contributed by atoms with Crippen molar-refractivity contribution in [2.75, 3.05) is 39.5 Å². The molecule has 2 heterocycles. The van der Waals surface area contributed by atoms with Crippen molar-refractivity contribution in [3.63, 3.8) is 0 Å². The van der Waals surface area contributed by atoms with Crippen LogP contribution in [0, 0.1) is 0 Å². The second-order valence-corrected chi connectivity index (χ2v) is 6.58. The molecule has 0 bridgehead atoms. The van der Waals surface area contributed by atoms with Crippen LogP contribution in [0.3, 0.4) is 0 Å². The first kappa shape index (κ1) is 15.7. The van der Waals surface area contributed by atoms with E-state index in [2.05, 4.69) is 4.90 Å². The van der Waals surface area contributed by atoms with Gasteiger partial charge in [0.05, 0.1) is 38.1 Å². The van der Waals surface area contributed by atoms with Gasteiger partial charge in [0, 0.05) is 25.7 Å². The minimum atomic E-state index is -0.410. The summed E-state index contributed by atoms with van der Waals surface area (Å²) in [6.07, 6.45) is 7.37. The third kappa shape index (κ3) is 4.39.